The van der Waals surface area contributed by atoms with Crippen LogP contribution in [0.2, 0.25) is 25.7 Å². The van der Waals surface area contributed by atoms with E-state index in [1.807, 2.05) is 48.7 Å². The van der Waals surface area contributed by atoms with Crippen molar-refractivity contribution in [2.75, 3.05) is 32.2 Å². The molecule has 2 aromatic heterocycles. The van der Waals surface area contributed by atoms with Gasteiger partial charge in [0.25, 0.3) is 5.91 Å². The summed E-state index contributed by atoms with van der Waals surface area (Å²) in [6.45, 7) is 12.9. The Hall–Kier alpha value is -3.48. The van der Waals surface area contributed by atoms with E-state index in [9.17, 15) is 9.59 Å². The van der Waals surface area contributed by atoms with Crippen molar-refractivity contribution in [3.8, 4) is 0 Å². The number of methoxy groups -OCH3 is 1. The normalized spacial score (nSPS) is 18.0. The van der Waals surface area contributed by atoms with Crippen molar-refractivity contribution < 1.29 is 23.8 Å². The standard InChI is InChI=1S/C31H46N6O5Si/c1-22(19-40-3)33-30(38)26-18-36(21-41-14-15-43(4,5)6)29-28(26)35-27(16-32-29)34-25-13-12-23(2)37(17-25)31(39)42-20-24-10-8-7-9-11-24/h7-11,16,18,22-23,25H,12-15,17,19-21H2,1-6H3,(H,33,38)(H,34,35)/t22-,23+,25-/m1/s1. The number of nitrogens with zero attached hydrogens (tertiary/aromatic N) is 4. The van der Waals surface area contributed by atoms with Crippen molar-refractivity contribution in [3.63, 3.8) is 0 Å². The largest absolute Gasteiger partial charge is 0.445 e. The number of amides is 2. The van der Waals surface area contributed by atoms with Crippen LogP contribution in [-0.2, 0) is 27.5 Å². The molecule has 0 saturated carbocycles. The van der Waals surface area contributed by atoms with Gasteiger partial charge in [0.1, 0.15) is 24.7 Å². The molecule has 11 nitrogen and oxygen atoms in total. The number of anilines is 1. The quantitative estimate of drug-likeness (QED) is 0.202. The number of hydrogen-bond acceptors (Lipinski definition) is 8. The Labute approximate surface area is 255 Å². The lowest BCUT2D eigenvalue weighted by atomic mass is 10.00. The van der Waals surface area contributed by atoms with Crippen molar-refractivity contribution >= 4 is 37.1 Å². The van der Waals surface area contributed by atoms with E-state index >= 15 is 0 Å². The highest BCUT2D eigenvalue weighted by Gasteiger charge is 2.30. The molecular weight excluding hydrogens is 564 g/mol. The predicted molar refractivity (Wildman–Crippen MR) is 170 cm³/mol. The third-order valence-corrected chi connectivity index (χ3v) is 9.21. The molecule has 1 saturated heterocycles. The molecule has 0 unspecified atom stereocenters. The van der Waals surface area contributed by atoms with E-state index in [0.29, 0.717) is 42.3 Å². The number of ether oxygens (including phenoxy) is 3. The molecule has 3 heterocycles. The average molecular weight is 611 g/mol. The molecule has 1 fully saturated rings. The molecule has 0 radical (unpaired) electrons. The Bertz CT molecular complexity index is 1360. The van der Waals surface area contributed by atoms with E-state index in [1.165, 1.54) is 0 Å². The van der Waals surface area contributed by atoms with Crippen LogP contribution in [0.1, 0.15) is 42.6 Å². The van der Waals surface area contributed by atoms with E-state index in [2.05, 4.69) is 35.3 Å². The minimum absolute atomic E-state index is 0.0433. The van der Waals surface area contributed by atoms with E-state index < -0.39 is 8.07 Å². The van der Waals surface area contributed by atoms with Gasteiger partial charge in [-0.2, -0.15) is 0 Å². The number of likely N-dealkylation sites (tertiary alicyclic amines) is 1. The number of piperidine rings is 1. The molecule has 0 spiro atoms. The summed E-state index contributed by atoms with van der Waals surface area (Å²) in [5, 5.41) is 6.43. The van der Waals surface area contributed by atoms with Gasteiger partial charge in [-0.15, -0.1) is 0 Å². The van der Waals surface area contributed by atoms with Gasteiger partial charge in [0.05, 0.1) is 18.4 Å². The van der Waals surface area contributed by atoms with Crippen LogP contribution in [-0.4, -0.2) is 84.5 Å². The Morgan fingerprint density at radius 3 is 2.65 bits per heavy atom. The number of nitrogens with one attached hydrogen (secondary N) is 2. The van der Waals surface area contributed by atoms with Crippen LogP contribution < -0.4 is 10.6 Å². The van der Waals surface area contributed by atoms with E-state index in [4.69, 9.17) is 19.2 Å². The highest BCUT2D eigenvalue weighted by atomic mass is 28.3. The van der Waals surface area contributed by atoms with Gasteiger partial charge in [0, 0.05) is 52.7 Å². The van der Waals surface area contributed by atoms with Crippen molar-refractivity contribution in [2.45, 2.75) is 83.8 Å². The van der Waals surface area contributed by atoms with Crippen LogP contribution in [0.15, 0.2) is 42.7 Å². The zero-order valence-electron chi connectivity index (χ0n) is 26.3. The van der Waals surface area contributed by atoms with Gasteiger partial charge < -0.3 is 34.3 Å². The molecule has 0 aliphatic carbocycles. The molecule has 2 amide bonds. The zero-order chi connectivity index (χ0) is 31.0. The van der Waals surface area contributed by atoms with Crippen molar-refractivity contribution in [1.82, 2.24) is 24.8 Å². The van der Waals surface area contributed by atoms with Crippen LogP contribution in [0.3, 0.4) is 0 Å². The summed E-state index contributed by atoms with van der Waals surface area (Å²) in [4.78, 5) is 37.5. The molecule has 43 heavy (non-hydrogen) atoms. The fourth-order valence-electron chi connectivity index (χ4n) is 5.01. The molecule has 1 aliphatic rings. The summed E-state index contributed by atoms with van der Waals surface area (Å²) in [7, 11) is 0.370. The Kier molecular flexibility index (Phi) is 11.2. The summed E-state index contributed by atoms with van der Waals surface area (Å²) in [5.41, 5.74) is 2.44. The minimum Gasteiger partial charge on any atom is -0.445 e. The van der Waals surface area contributed by atoms with Crippen LogP contribution in [0.5, 0.6) is 0 Å². The number of fused-ring (bicyclic) bond motifs is 1. The Morgan fingerprint density at radius 2 is 1.93 bits per heavy atom. The van der Waals surface area contributed by atoms with Crippen LogP contribution in [0, 0.1) is 0 Å². The van der Waals surface area contributed by atoms with Gasteiger partial charge in [-0.25, -0.2) is 14.8 Å². The van der Waals surface area contributed by atoms with Crippen molar-refractivity contribution in [1.29, 1.82) is 0 Å². The van der Waals surface area contributed by atoms with Crippen LogP contribution in [0.25, 0.3) is 11.2 Å². The number of carbonyl (C=O) groups excluding carboxylic acids is 2. The van der Waals surface area contributed by atoms with Crippen molar-refractivity contribution in [2.24, 2.45) is 0 Å². The fourth-order valence-corrected chi connectivity index (χ4v) is 5.77. The molecule has 3 aromatic rings. The van der Waals surface area contributed by atoms with E-state index in [0.717, 1.165) is 24.4 Å². The first kappa shape index (κ1) is 32.4. The molecule has 234 valence electrons. The molecule has 4 rings (SSSR count). The molecule has 12 heteroatoms. The lowest BCUT2D eigenvalue weighted by Gasteiger charge is -2.37. The Morgan fingerprint density at radius 1 is 1.16 bits per heavy atom. The summed E-state index contributed by atoms with van der Waals surface area (Å²) in [5.74, 6) is 0.293. The van der Waals surface area contributed by atoms with Gasteiger partial charge in [0.2, 0.25) is 0 Å². The third kappa shape index (κ3) is 9.25. The first-order valence-corrected chi connectivity index (χ1v) is 18.7. The third-order valence-electron chi connectivity index (χ3n) is 7.50. The Balaban J connectivity index is 1.48. The first-order chi connectivity index (χ1) is 20.5. The van der Waals surface area contributed by atoms with Gasteiger partial charge in [-0.1, -0.05) is 50.0 Å². The predicted octanol–water partition coefficient (Wildman–Crippen LogP) is 5.11. The molecule has 1 aliphatic heterocycles. The second-order valence-electron chi connectivity index (χ2n) is 12.6. The number of aromatic nitrogens is 3. The topological polar surface area (TPSA) is 120 Å². The number of hydrogen-bond donors (Lipinski definition) is 2. The zero-order valence-corrected chi connectivity index (χ0v) is 27.3. The maximum absolute atomic E-state index is 13.3. The monoisotopic (exact) mass is 610 g/mol. The SMILES string of the molecule is COC[C@@H](C)NC(=O)c1cn(COCC[Si](C)(C)C)c2ncc(N[C@@H]3CC[C@H](C)N(C(=O)OCc4ccccc4)C3)nc12. The second-order valence-corrected chi connectivity index (χ2v) is 18.2. The summed E-state index contributed by atoms with van der Waals surface area (Å²) < 4.78 is 18.6. The van der Waals surface area contributed by atoms with Crippen LogP contribution >= 0.6 is 0 Å². The maximum Gasteiger partial charge on any atom is 0.410 e. The number of carbonyl (C=O) groups is 2. The maximum atomic E-state index is 13.3. The summed E-state index contributed by atoms with van der Waals surface area (Å²) in [6, 6.07) is 10.6. The van der Waals surface area contributed by atoms with E-state index in [1.54, 1.807) is 24.4 Å². The van der Waals surface area contributed by atoms with Crippen molar-refractivity contribution in [3.05, 3.63) is 53.9 Å². The molecule has 2 N–H and O–H groups in total. The van der Waals surface area contributed by atoms with Gasteiger partial charge in [-0.05, 0) is 38.3 Å². The molecule has 1 aromatic carbocycles. The highest BCUT2D eigenvalue weighted by molar-refractivity contribution is 6.76. The van der Waals surface area contributed by atoms with Gasteiger partial charge in [-0.3, -0.25) is 4.79 Å². The molecule has 3 atom stereocenters. The van der Waals surface area contributed by atoms with Crippen LogP contribution in [0.4, 0.5) is 10.6 Å². The first-order valence-electron chi connectivity index (χ1n) is 15.0. The average Bonchev–Trinajstić information content (AvgIpc) is 3.33. The number of rotatable bonds is 13. The number of benzene rings is 1. The molecular formula is C31H46N6O5Si. The fraction of sp³-hybridized carbons (Fsp3) is 0.548. The lowest BCUT2D eigenvalue weighted by molar-refractivity contribution is 0.0695. The smallest absolute Gasteiger partial charge is 0.410 e. The second kappa shape index (κ2) is 14.8. The van der Waals surface area contributed by atoms with E-state index in [-0.39, 0.29) is 43.5 Å². The van der Waals surface area contributed by atoms with Gasteiger partial charge >= 0.3 is 6.09 Å². The summed E-state index contributed by atoms with van der Waals surface area (Å²) >= 11 is 0. The minimum atomic E-state index is -1.23. The highest BCUT2D eigenvalue weighted by Crippen LogP contribution is 2.24. The lowest BCUT2D eigenvalue weighted by Crippen LogP contribution is -2.49. The summed E-state index contributed by atoms with van der Waals surface area (Å²) in [6.07, 6.45) is 4.78. The molecule has 0 bridgehead atoms. The van der Waals surface area contributed by atoms with Gasteiger partial charge in [0.15, 0.2) is 5.65 Å².